The van der Waals surface area contributed by atoms with E-state index in [9.17, 15) is 22.4 Å². The van der Waals surface area contributed by atoms with Gasteiger partial charge in [-0.2, -0.15) is 0 Å². The SMILES string of the molecule is Cc1c(=O)n(Cc2ccc(S(C)(=O)=O)cc2)c(=O)n2c(C#CCc3ccc(F)cc3)csc12. The van der Waals surface area contributed by atoms with Gasteiger partial charge in [0.1, 0.15) is 16.3 Å². The molecule has 0 spiro atoms. The molecular weight excluding hydrogens is 463 g/mol. The van der Waals surface area contributed by atoms with Crippen LogP contribution < -0.4 is 11.2 Å². The maximum absolute atomic E-state index is 13.2. The Morgan fingerprint density at radius 1 is 1.00 bits per heavy atom. The predicted octanol–water partition coefficient (Wildman–Crippen LogP) is 3.02. The Labute approximate surface area is 193 Å². The number of thiazole rings is 1. The van der Waals surface area contributed by atoms with Gasteiger partial charge in [-0.3, -0.25) is 9.36 Å². The minimum Gasteiger partial charge on any atom is -0.269 e. The Balaban J connectivity index is 1.72. The molecule has 0 radical (unpaired) electrons. The first kappa shape index (κ1) is 22.7. The molecule has 2 heterocycles. The molecule has 0 atom stereocenters. The van der Waals surface area contributed by atoms with Gasteiger partial charge in [-0.15, -0.1) is 11.3 Å². The van der Waals surface area contributed by atoms with Crippen molar-refractivity contribution in [1.82, 2.24) is 8.97 Å². The zero-order valence-electron chi connectivity index (χ0n) is 17.8. The van der Waals surface area contributed by atoms with Crippen LogP contribution in [0.25, 0.3) is 4.83 Å². The number of hydrogen-bond acceptors (Lipinski definition) is 5. The van der Waals surface area contributed by atoms with Gasteiger partial charge in [0, 0.05) is 23.6 Å². The average Bonchev–Trinajstić information content (AvgIpc) is 3.20. The number of fused-ring (bicyclic) bond motifs is 1. The van der Waals surface area contributed by atoms with Crippen LogP contribution in [0.4, 0.5) is 4.39 Å². The maximum atomic E-state index is 13.2. The minimum atomic E-state index is -3.34. The largest absolute Gasteiger partial charge is 0.337 e. The van der Waals surface area contributed by atoms with E-state index >= 15 is 0 Å². The van der Waals surface area contributed by atoms with Crippen molar-refractivity contribution in [3.63, 3.8) is 0 Å². The highest BCUT2D eigenvalue weighted by molar-refractivity contribution is 7.90. The fourth-order valence-electron chi connectivity index (χ4n) is 3.36. The molecule has 6 nitrogen and oxygen atoms in total. The summed E-state index contributed by atoms with van der Waals surface area (Å²) in [7, 11) is -3.34. The average molecular weight is 483 g/mol. The third kappa shape index (κ3) is 4.67. The highest BCUT2D eigenvalue weighted by Crippen LogP contribution is 2.16. The molecule has 2 aromatic carbocycles. The highest BCUT2D eigenvalue weighted by Gasteiger charge is 2.16. The van der Waals surface area contributed by atoms with Gasteiger partial charge < -0.3 is 0 Å². The van der Waals surface area contributed by atoms with E-state index in [0.717, 1.165) is 16.4 Å². The monoisotopic (exact) mass is 482 g/mol. The molecule has 4 rings (SSSR count). The van der Waals surface area contributed by atoms with Crippen LogP contribution in [0.3, 0.4) is 0 Å². The van der Waals surface area contributed by atoms with Gasteiger partial charge in [-0.1, -0.05) is 30.2 Å². The van der Waals surface area contributed by atoms with Crippen LogP contribution in [0.2, 0.25) is 0 Å². The first-order valence-electron chi connectivity index (χ1n) is 9.91. The molecule has 0 aliphatic rings. The molecule has 33 heavy (non-hydrogen) atoms. The van der Waals surface area contributed by atoms with Crippen LogP contribution >= 0.6 is 11.3 Å². The lowest BCUT2D eigenvalue weighted by Gasteiger charge is -2.09. The summed E-state index contributed by atoms with van der Waals surface area (Å²) in [5.74, 6) is 5.66. The summed E-state index contributed by atoms with van der Waals surface area (Å²) in [6, 6.07) is 12.1. The van der Waals surface area contributed by atoms with E-state index in [1.807, 2.05) is 0 Å². The summed E-state index contributed by atoms with van der Waals surface area (Å²) in [5, 5.41) is 1.73. The van der Waals surface area contributed by atoms with Crippen LogP contribution in [0.15, 0.2) is 68.4 Å². The fraction of sp³-hybridized carbons (Fsp3) is 0.167. The summed E-state index contributed by atoms with van der Waals surface area (Å²) >= 11 is 1.27. The quantitative estimate of drug-likeness (QED) is 0.419. The number of sulfone groups is 1. The molecule has 0 aliphatic carbocycles. The third-order valence-corrected chi connectivity index (χ3v) is 7.33. The van der Waals surface area contributed by atoms with Gasteiger partial charge in [-0.05, 0) is 48.2 Å². The summed E-state index contributed by atoms with van der Waals surface area (Å²) in [5.41, 5.74) is 1.45. The Morgan fingerprint density at radius 3 is 2.27 bits per heavy atom. The summed E-state index contributed by atoms with van der Waals surface area (Å²) in [4.78, 5) is 26.8. The zero-order chi connectivity index (χ0) is 23.8. The van der Waals surface area contributed by atoms with Crippen molar-refractivity contribution in [2.45, 2.75) is 24.8 Å². The summed E-state index contributed by atoms with van der Waals surface area (Å²) in [6.07, 6.45) is 1.50. The second-order valence-corrected chi connectivity index (χ2v) is 10.5. The van der Waals surface area contributed by atoms with Crippen molar-refractivity contribution in [2.24, 2.45) is 0 Å². The van der Waals surface area contributed by atoms with E-state index in [2.05, 4.69) is 11.8 Å². The summed E-state index contributed by atoms with van der Waals surface area (Å²) < 4.78 is 38.9. The molecule has 0 unspecified atom stereocenters. The van der Waals surface area contributed by atoms with E-state index in [-0.39, 0.29) is 17.3 Å². The van der Waals surface area contributed by atoms with Gasteiger partial charge in [-0.25, -0.2) is 22.0 Å². The van der Waals surface area contributed by atoms with E-state index < -0.39 is 21.1 Å². The van der Waals surface area contributed by atoms with Crippen LogP contribution in [-0.2, 0) is 22.8 Å². The Morgan fingerprint density at radius 2 is 1.64 bits per heavy atom. The molecule has 0 aliphatic heterocycles. The zero-order valence-corrected chi connectivity index (χ0v) is 19.5. The van der Waals surface area contributed by atoms with E-state index in [4.69, 9.17) is 0 Å². The molecule has 0 N–H and O–H groups in total. The molecular formula is C24H19FN2O4S2. The Kier molecular flexibility index (Phi) is 6.06. The molecule has 0 saturated heterocycles. The van der Waals surface area contributed by atoms with E-state index in [0.29, 0.717) is 28.1 Å². The first-order valence-corrected chi connectivity index (χ1v) is 12.7. The van der Waals surface area contributed by atoms with Gasteiger partial charge in [0.2, 0.25) is 0 Å². The lowest BCUT2D eigenvalue weighted by molar-refractivity contribution is 0.601. The Hall–Kier alpha value is -3.48. The number of nitrogens with zero attached hydrogens (tertiary/aromatic N) is 2. The third-order valence-electron chi connectivity index (χ3n) is 5.15. The molecule has 2 aromatic heterocycles. The van der Waals surface area contributed by atoms with Gasteiger partial charge >= 0.3 is 5.69 Å². The first-order chi connectivity index (χ1) is 15.6. The second-order valence-electron chi connectivity index (χ2n) is 7.58. The molecule has 4 aromatic rings. The molecule has 168 valence electrons. The van der Waals surface area contributed by atoms with Gasteiger partial charge in [0.25, 0.3) is 5.56 Å². The Bertz CT molecular complexity index is 1630. The van der Waals surface area contributed by atoms with Crippen molar-refractivity contribution < 1.29 is 12.8 Å². The van der Waals surface area contributed by atoms with Gasteiger partial charge in [0.15, 0.2) is 9.84 Å². The van der Waals surface area contributed by atoms with Crippen molar-refractivity contribution >= 4 is 26.0 Å². The molecule has 0 saturated carbocycles. The van der Waals surface area contributed by atoms with Gasteiger partial charge in [0.05, 0.1) is 11.4 Å². The van der Waals surface area contributed by atoms with Crippen LogP contribution in [-0.4, -0.2) is 23.6 Å². The number of rotatable bonds is 4. The normalized spacial score (nSPS) is 11.4. The molecule has 0 amide bonds. The second kappa shape index (κ2) is 8.81. The highest BCUT2D eigenvalue weighted by atomic mass is 32.2. The smallest absolute Gasteiger partial charge is 0.269 e. The number of halogens is 1. The summed E-state index contributed by atoms with van der Waals surface area (Å²) in [6.45, 7) is 1.66. The number of benzene rings is 2. The molecule has 0 fully saturated rings. The van der Waals surface area contributed by atoms with Crippen molar-refractivity contribution in [3.8, 4) is 11.8 Å². The maximum Gasteiger partial charge on any atom is 0.337 e. The number of aromatic nitrogens is 2. The molecule has 0 bridgehead atoms. The van der Waals surface area contributed by atoms with Crippen molar-refractivity contribution in [2.75, 3.05) is 6.26 Å². The number of hydrogen-bond donors (Lipinski definition) is 0. The number of aryl methyl sites for hydroxylation is 1. The van der Waals surface area contributed by atoms with Crippen LogP contribution in [0.1, 0.15) is 22.4 Å². The topological polar surface area (TPSA) is 77.6 Å². The lowest BCUT2D eigenvalue weighted by atomic mass is 10.1. The van der Waals surface area contributed by atoms with Crippen LogP contribution in [0, 0.1) is 24.6 Å². The van der Waals surface area contributed by atoms with E-state index in [1.165, 1.54) is 40.0 Å². The van der Waals surface area contributed by atoms with Crippen molar-refractivity contribution in [3.05, 3.63) is 103 Å². The lowest BCUT2D eigenvalue weighted by Crippen LogP contribution is -2.39. The van der Waals surface area contributed by atoms with Crippen LogP contribution in [0.5, 0.6) is 0 Å². The molecule has 9 heteroatoms. The van der Waals surface area contributed by atoms with Crippen molar-refractivity contribution in [1.29, 1.82) is 0 Å². The predicted molar refractivity (Wildman–Crippen MR) is 126 cm³/mol. The standard InChI is InChI=1S/C24H19FN2O4S2/c1-16-22(28)26(14-18-8-12-21(13-9-18)33(2,30)31)24(29)27-20(15-32-23(16)27)5-3-4-17-6-10-19(25)11-7-17/h6-13,15H,4,14H2,1-2H3. The van der Waals surface area contributed by atoms with E-state index in [1.54, 1.807) is 36.6 Å². The minimum absolute atomic E-state index is 0.00375. The fourth-order valence-corrected chi connectivity index (χ4v) is 4.93.